The van der Waals surface area contributed by atoms with E-state index in [-0.39, 0.29) is 5.91 Å². The van der Waals surface area contributed by atoms with Gasteiger partial charge in [-0.1, -0.05) is 0 Å². The molecule has 6 heteroatoms. The van der Waals surface area contributed by atoms with E-state index >= 15 is 0 Å². The lowest BCUT2D eigenvalue weighted by molar-refractivity contribution is 0.102. The maximum atomic E-state index is 12.4. The predicted molar refractivity (Wildman–Crippen MR) is 81.5 cm³/mol. The number of ether oxygens (including phenoxy) is 2. The molecule has 6 nitrogen and oxygen atoms in total. The summed E-state index contributed by atoms with van der Waals surface area (Å²) in [6, 6.07) is 10.3. The van der Waals surface area contributed by atoms with Crippen LogP contribution in [0.2, 0.25) is 0 Å². The maximum absolute atomic E-state index is 12.4. The van der Waals surface area contributed by atoms with Crippen molar-refractivity contribution in [1.29, 1.82) is 0 Å². The van der Waals surface area contributed by atoms with Gasteiger partial charge < -0.3 is 19.2 Å². The van der Waals surface area contributed by atoms with Crippen molar-refractivity contribution < 1.29 is 18.7 Å². The zero-order valence-electron chi connectivity index (χ0n) is 12.1. The van der Waals surface area contributed by atoms with Crippen LogP contribution in [0, 0.1) is 0 Å². The van der Waals surface area contributed by atoms with E-state index in [1.54, 1.807) is 36.4 Å². The number of rotatable bonds is 4. The number of hydrogen-bond acceptors (Lipinski definition) is 5. The summed E-state index contributed by atoms with van der Waals surface area (Å²) in [5, 5.41) is 2.80. The number of benzene rings is 2. The summed E-state index contributed by atoms with van der Waals surface area (Å²) in [4.78, 5) is 16.4. The number of anilines is 1. The number of oxazole rings is 1. The van der Waals surface area contributed by atoms with Crippen LogP contribution in [0.4, 0.5) is 5.69 Å². The van der Waals surface area contributed by atoms with Crippen molar-refractivity contribution in [3.8, 4) is 11.5 Å². The summed E-state index contributed by atoms with van der Waals surface area (Å²) in [6.45, 7) is 0. The van der Waals surface area contributed by atoms with E-state index in [0.717, 1.165) is 5.52 Å². The molecule has 3 aromatic rings. The Balaban J connectivity index is 1.87. The van der Waals surface area contributed by atoms with Crippen LogP contribution >= 0.6 is 0 Å². The van der Waals surface area contributed by atoms with E-state index in [4.69, 9.17) is 13.9 Å². The van der Waals surface area contributed by atoms with Gasteiger partial charge in [0.2, 0.25) is 0 Å². The Morgan fingerprint density at radius 3 is 2.50 bits per heavy atom. The normalized spacial score (nSPS) is 10.5. The topological polar surface area (TPSA) is 73.6 Å². The van der Waals surface area contributed by atoms with Gasteiger partial charge in [-0.2, -0.15) is 0 Å². The third kappa shape index (κ3) is 2.71. The molecule has 2 aromatic carbocycles. The second-order valence-corrected chi connectivity index (χ2v) is 4.59. The molecule has 1 aromatic heterocycles. The second kappa shape index (κ2) is 5.77. The molecule has 0 saturated heterocycles. The van der Waals surface area contributed by atoms with Crippen LogP contribution < -0.4 is 14.8 Å². The fourth-order valence-corrected chi connectivity index (χ4v) is 2.07. The molecule has 0 bridgehead atoms. The fourth-order valence-electron chi connectivity index (χ4n) is 2.07. The first-order valence-corrected chi connectivity index (χ1v) is 6.57. The van der Waals surface area contributed by atoms with E-state index < -0.39 is 0 Å². The van der Waals surface area contributed by atoms with Crippen molar-refractivity contribution >= 4 is 22.7 Å². The Morgan fingerprint density at radius 1 is 1.09 bits per heavy atom. The van der Waals surface area contributed by atoms with Crippen LogP contribution in [0.3, 0.4) is 0 Å². The number of fused-ring (bicyclic) bond motifs is 1. The summed E-state index contributed by atoms with van der Waals surface area (Å²) >= 11 is 0. The number of nitrogens with zero attached hydrogens (tertiary/aromatic N) is 1. The van der Waals surface area contributed by atoms with Crippen molar-refractivity contribution in [2.75, 3.05) is 19.5 Å². The predicted octanol–water partition coefficient (Wildman–Crippen LogP) is 3.10. The highest BCUT2D eigenvalue weighted by Crippen LogP contribution is 2.24. The number of carbonyl (C=O) groups is 1. The Hall–Kier alpha value is -3.02. The molecular weight excluding hydrogens is 284 g/mol. The molecule has 0 spiro atoms. The zero-order chi connectivity index (χ0) is 15.5. The van der Waals surface area contributed by atoms with Crippen molar-refractivity contribution in [2.24, 2.45) is 0 Å². The number of carbonyl (C=O) groups excluding carboxylic acids is 1. The van der Waals surface area contributed by atoms with Crippen LogP contribution in [-0.2, 0) is 0 Å². The third-order valence-corrected chi connectivity index (χ3v) is 3.20. The lowest BCUT2D eigenvalue weighted by Crippen LogP contribution is -2.12. The first-order valence-electron chi connectivity index (χ1n) is 6.57. The van der Waals surface area contributed by atoms with Crippen molar-refractivity contribution in [1.82, 2.24) is 4.98 Å². The van der Waals surface area contributed by atoms with Crippen LogP contribution in [0.15, 0.2) is 47.2 Å². The summed E-state index contributed by atoms with van der Waals surface area (Å²) in [7, 11) is 3.07. The maximum Gasteiger partial charge on any atom is 0.255 e. The van der Waals surface area contributed by atoms with Gasteiger partial charge in [-0.25, -0.2) is 4.98 Å². The van der Waals surface area contributed by atoms with E-state index in [1.807, 2.05) is 0 Å². The standard InChI is InChI=1S/C16H14N2O4/c1-20-12-5-10(6-13(8-12)21-2)16(19)18-11-3-4-14-15(7-11)22-9-17-14/h3-9H,1-2H3,(H,18,19). The van der Waals surface area contributed by atoms with Gasteiger partial charge in [0.25, 0.3) is 5.91 Å². The van der Waals surface area contributed by atoms with E-state index in [2.05, 4.69) is 10.3 Å². The van der Waals surface area contributed by atoms with Crippen LogP contribution in [0.25, 0.3) is 11.1 Å². The van der Waals surface area contributed by atoms with E-state index in [0.29, 0.717) is 28.3 Å². The molecular formula is C16H14N2O4. The number of methoxy groups -OCH3 is 2. The SMILES string of the molecule is COc1cc(OC)cc(C(=O)Nc2ccc3ncoc3c2)c1. The highest BCUT2D eigenvalue weighted by molar-refractivity contribution is 6.05. The quantitative estimate of drug-likeness (QED) is 0.801. The van der Waals surface area contributed by atoms with Gasteiger partial charge >= 0.3 is 0 Å². The van der Waals surface area contributed by atoms with Gasteiger partial charge in [0.15, 0.2) is 12.0 Å². The molecule has 0 aliphatic rings. The van der Waals surface area contributed by atoms with Gasteiger partial charge in [0, 0.05) is 23.4 Å². The Bertz CT molecular complexity index is 804. The summed E-state index contributed by atoms with van der Waals surface area (Å²) in [5.74, 6) is 0.835. The van der Waals surface area contributed by atoms with Crippen molar-refractivity contribution in [3.05, 3.63) is 48.4 Å². The third-order valence-electron chi connectivity index (χ3n) is 3.20. The van der Waals surface area contributed by atoms with Crippen LogP contribution in [0.1, 0.15) is 10.4 Å². The molecule has 0 aliphatic carbocycles. The molecule has 22 heavy (non-hydrogen) atoms. The van der Waals surface area contributed by atoms with Gasteiger partial charge in [0.1, 0.15) is 17.0 Å². The number of nitrogens with one attached hydrogen (secondary N) is 1. The summed E-state index contributed by atoms with van der Waals surface area (Å²) in [5.41, 5.74) is 2.41. The van der Waals surface area contributed by atoms with Gasteiger partial charge in [-0.15, -0.1) is 0 Å². The average Bonchev–Trinajstić information content (AvgIpc) is 3.01. The van der Waals surface area contributed by atoms with Gasteiger partial charge in [-0.3, -0.25) is 4.79 Å². The Morgan fingerprint density at radius 2 is 1.82 bits per heavy atom. The number of hydrogen-bond donors (Lipinski definition) is 1. The van der Waals surface area contributed by atoms with Gasteiger partial charge in [-0.05, 0) is 24.3 Å². The van der Waals surface area contributed by atoms with Crippen molar-refractivity contribution in [3.63, 3.8) is 0 Å². The molecule has 0 fully saturated rings. The molecule has 0 unspecified atom stereocenters. The molecule has 112 valence electrons. The first kappa shape index (κ1) is 13.9. The Kier molecular flexibility index (Phi) is 3.65. The zero-order valence-corrected chi connectivity index (χ0v) is 12.1. The Labute approximate surface area is 126 Å². The van der Waals surface area contributed by atoms with Crippen LogP contribution in [0.5, 0.6) is 11.5 Å². The minimum Gasteiger partial charge on any atom is -0.497 e. The average molecular weight is 298 g/mol. The minimum absolute atomic E-state index is 0.268. The van der Waals surface area contributed by atoms with Crippen LogP contribution in [-0.4, -0.2) is 25.1 Å². The molecule has 3 rings (SSSR count). The lowest BCUT2D eigenvalue weighted by atomic mass is 10.1. The van der Waals surface area contributed by atoms with Gasteiger partial charge in [0.05, 0.1) is 14.2 Å². The smallest absolute Gasteiger partial charge is 0.255 e. The summed E-state index contributed by atoms with van der Waals surface area (Å²) < 4.78 is 15.5. The molecule has 0 saturated carbocycles. The minimum atomic E-state index is -0.268. The monoisotopic (exact) mass is 298 g/mol. The lowest BCUT2D eigenvalue weighted by Gasteiger charge is -2.09. The molecule has 0 aliphatic heterocycles. The first-order chi connectivity index (χ1) is 10.7. The molecule has 1 amide bonds. The van der Waals surface area contributed by atoms with E-state index in [9.17, 15) is 4.79 Å². The largest absolute Gasteiger partial charge is 0.497 e. The van der Waals surface area contributed by atoms with E-state index in [1.165, 1.54) is 20.6 Å². The molecule has 1 N–H and O–H groups in total. The fraction of sp³-hybridized carbons (Fsp3) is 0.125. The highest BCUT2D eigenvalue weighted by Gasteiger charge is 2.11. The number of aromatic nitrogens is 1. The highest BCUT2D eigenvalue weighted by atomic mass is 16.5. The number of amides is 1. The molecule has 1 heterocycles. The second-order valence-electron chi connectivity index (χ2n) is 4.59. The summed E-state index contributed by atoms with van der Waals surface area (Å²) in [6.07, 6.45) is 1.36. The molecule has 0 radical (unpaired) electrons. The molecule has 0 atom stereocenters. The van der Waals surface area contributed by atoms with Crippen molar-refractivity contribution in [2.45, 2.75) is 0 Å².